The predicted octanol–water partition coefficient (Wildman–Crippen LogP) is 4.51. The summed E-state index contributed by atoms with van der Waals surface area (Å²) < 4.78 is 18.6. The number of aryl methyl sites for hydroxylation is 1. The molecule has 2 aromatic carbocycles. The predicted molar refractivity (Wildman–Crippen MR) is 103 cm³/mol. The molecule has 0 atom stereocenters. The minimum atomic E-state index is 0.445. The monoisotopic (exact) mass is 361 g/mol. The van der Waals surface area contributed by atoms with E-state index in [0.717, 1.165) is 28.2 Å². The van der Waals surface area contributed by atoms with Gasteiger partial charge in [0.25, 0.3) is 0 Å². The van der Waals surface area contributed by atoms with Crippen molar-refractivity contribution < 1.29 is 14.2 Å². The fourth-order valence-electron chi connectivity index (χ4n) is 2.89. The minimum Gasteiger partial charge on any atom is -0.493 e. The molecule has 0 saturated heterocycles. The number of nitrogens with zero attached hydrogens (tertiary/aromatic N) is 3. The van der Waals surface area contributed by atoms with E-state index in [1.54, 1.807) is 20.4 Å². The fourth-order valence-corrected chi connectivity index (χ4v) is 2.89. The summed E-state index contributed by atoms with van der Waals surface area (Å²) in [6, 6.07) is 15.9. The summed E-state index contributed by atoms with van der Waals surface area (Å²) in [6.45, 7) is 2.02. The Kier molecular flexibility index (Phi) is 4.38. The van der Waals surface area contributed by atoms with Crippen molar-refractivity contribution >= 4 is 5.65 Å². The number of hydrogen-bond donors (Lipinski definition) is 0. The van der Waals surface area contributed by atoms with E-state index in [0.29, 0.717) is 17.5 Å². The van der Waals surface area contributed by atoms with Crippen LogP contribution in [0.4, 0.5) is 0 Å². The van der Waals surface area contributed by atoms with E-state index in [9.17, 15) is 0 Å². The molecule has 27 heavy (non-hydrogen) atoms. The molecular weight excluding hydrogens is 342 g/mol. The molecule has 0 radical (unpaired) electrons. The maximum Gasteiger partial charge on any atom is 0.308 e. The Bertz CT molecular complexity index is 1100. The van der Waals surface area contributed by atoms with E-state index >= 15 is 0 Å². The van der Waals surface area contributed by atoms with Crippen molar-refractivity contribution in [2.24, 2.45) is 0 Å². The standard InChI is InChI=1S/C21H19N3O3/c1-14-5-4-6-16(11-14)27-21-23-17(13-20-22-9-10-24(20)21)15-7-8-18(25-2)19(12-15)26-3/h4-13H,1-3H3. The van der Waals surface area contributed by atoms with Crippen molar-refractivity contribution in [1.82, 2.24) is 14.4 Å². The summed E-state index contributed by atoms with van der Waals surface area (Å²) in [6.07, 6.45) is 3.55. The van der Waals surface area contributed by atoms with Gasteiger partial charge in [-0.3, -0.25) is 4.40 Å². The lowest BCUT2D eigenvalue weighted by atomic mass is 10.1. The third-order valence-electron chi connectivity index (χ3n) is 4.24. The van der Waals surface area contributed by atoms with Crippen LogP contribution in [0.1, 0.15) is 5.56 Å². The molecule has 0 spiro atoms. The van der Waals surface area contributed by atoms with Gasteiger partial charge in [-0.15, -0.1) is 0 Å². The lowest BCUT2D eigenvalue weighted by molar-refractivity contribution is 0.355. The Hall–Kier alpha value is -3.54. The molecule has 0 amide bonds. The summed E-state index contributed by atoms with van der Waals surface area (Å²) in [5.74, 6) is 2.03. The number of benzene rings is 2. The zero-order valence-corrected chi connectivity index (χ0v) is 15.3. The van der Waals surface area contributed by atoms with E-state index in [4.69, 9.17) is 19.2 Å². The normalized spacial score (nSPS) is 10.8. The van der Waals surface area contributed by atoms with E-state index in [-0.39, 0.29) is 0 Å². The van der Waals surface area contributed by atoms with Gasteiger partial charge in [-0.25, -0.2) is 4.98 Å². The molecular formula is C21H19N3O3. The van der Waals surface area contributed by atoms with Crippen molar-refractivity contribution in [1.29, 1.82) is 0 Å². The van der Waals surface area contributed by atoms with Gasteiger partial charge in [-0.2, -0.15) is 4.98 Å². The summed E-state index contributed by atoms with van der Waals surface area (Å²) in [5.41, 5.74) is 3.48. The second kappa shape index (κ2) is 6.99. The fraction of sp³-hybridized carbons (Fsp3) is 0.143. The van der Waals surface area contributed by atoms with E-state index < -0.39 is 0 Å². The van der Waals surface area contributed by atoms with Crippen molar-refractivity contribution in [2.45, 2.75) is 6.92 Å². The van der Waals surface area contributed by atoms with Crippen LogP contribution in [0, 0.1) is 6.92 Å². The largest absolute Gasteiger partial charge is 0.493 e. The maximum atomic E-state index is 6.05. The second-order valence-electron chi connectivity index (χ2n) is 6.07. The Morgan fingerprint density at radius 2 is 1.78 bits per heavy atom. The molecule has 0 saturated carbocycles. The molecule has 0 N–H and O–H groups in total. The van der Waals surface area contributed by atoms with Crippen molar-refractivity contribution in [3.63, 3.8) is 0 Å². The molecule has 0 fully saturated rings. The number of methoxy groups -OCH3 is 2. The number of imidazole rings is 1. The average Bonchev–Trinajstić information content (AvgIpc) is 3.16. The Balaban J connectivity index is 1.81. The van der Waals surface area contributed by atoms with Gasteiger partial charge in [0.05, 0.1) is 19.9 Å². The molecule has 6 nitrogen and oxygen atoms in total. The number of ether oxygens (including phenoxy) is 3. The van der Waals surface area contributed by atoms with Crippen LogP contribution in [0.2, 0.25) is 0 Å². The van der Waals surface area contributed by atoms with E-state index in [1.807, 2.05) is 66.1 Å². The van der Waals surface area contributed by atoms with Crippen LogP contribution in [-0.2, 0) is 0 Å². The first-order valence-electron chi connectivity index (χ1n) is 8.49. The highest BCUT2D eigenvalue weighted by Gasteiger charge is 2.13. The molecule has 0 aliphatic heterocycles. The second-order valence-corrected chi connectivity index (χ2v) is 6.07. The van der Waals surface area contributed by atoms with Gasteiger partial charge in [-0.05, 0) is 42.8 Å². The van der Waals surface area contributed by atoms with Crippen molar-refractivity contribution in [3.8, 4) is 34.5 Å². The van der Waals surface area contributed by atoms with Gasteiger partial charge in [0.15, 0.2) is 11.5 Å². The van der Waals surface area contributed by atoms with Gasteiger partial charge in [-0.1, -0.05) is 12.1 Å². The van der Waals surface area contributed by atoms with Crippen molar-refractivity contribution in [3.05, 3.63) is 66.5 Å². The number of hydrogen-bond acceptors (Lipinski definition) is 5. The Morgan fingerprint density at radius 1 is 0.926 bits per heavy atom. The summed E-state index contributed by atoms with van der Waals surface area (Å²) in [7, 11) is 3.22. The van der Waals surface area contributed by atoms with E-state index in [1.165, 1.54) is 0 Å². The van der Waals surface area contributed by atoms with Gasteiger partial charge in [0, 0.05) is 24.0 Å². The minimum absolute atomic E-state index is 0.445. The molecule has 6 heteroatoms. The summed E-state index contributed by atoms with van der Waals surface area (Å²) in [5, 5.41) is 0. The highest BCUT2D eigenvalue weighted by Crippen LogP contribution is 2.33. The van der Waals surface area contributed by atoms with E-state index in [2.05, 4.69) is 4.98 Å². The lowest BCUT2D eigenvalue weighted by Gasteiger charge is -2.12. The maximum absolute atomic E-state index is 6.05. The topological polar surface area (TPSA) is 57.9 Å². The molecule has 2 heterocycles. The SMILES string of the molecule is COc1ccc(-c2cc3nccn3c(Oc3cccc(C)c3)n2)cc1OC. The smallest absolute Gasteiger partial charge is 0.308 e. The molecule has 0 aliphatic carbocycles. The molecule has 136 valence electrons. The van der Waals surface area contributed by atoms with Crippen LogP contribution in [0.5, 0.6) is 23.3 Å². The zero-order valence-electron chi connectivity index (χ0n) is 15.3. The third-order valence-corrected chi connectivity index (χ3v) is 4.24. The van der Waals surface area contributed by atoms with Crippen LogP contribution >= 0.6 is 0 Å². The first-order chi connectivity index (χ1) is 13.2. The third kappa shape index (κ3) is 3.29. The van der Waals surface area contributed by atoms with Gasteiger partial charge in [0.2, 0.25) is 0 Å². The molecule has 4 aromatic rings. The highest BCUT2D eigenvalue weighted by molar-refractivity contribution is 5.67. The molecule has 2 aromatic heterocycles. The van der Waals surface area contributed by atoms with Gasteiger partial charge >= 0.3 is 6.01 Å². The number of aromatic nitrogens is 3. The Labute approximate surface area is 157 Å². The number of rotatable bonds is 5. The molecule has 0 unspecified atom stereocenters. The molecule has 0 bridgehead atoms. The van der Waals surface area contributed by atoms with Crippen LogP contribution in [-0.4, -0.2) is 28.6 Å². The first kappa shape index (κ1) is 16.9. The van der Waals surface area contributed by atoms with Gasteiger partial charge in [0.1, 0.15) is 11.4 Å². The zero-order chi connectivity index (χ0) is 18.8. The quantitative estimate of drug-likeness (QED) is 0.523. The van der Waals surface area contributed by atoms with Gasteiger partial charge < -0.3 is 14.2 Å². The summed E-state index contributed by atoms with van der Waals surface area (Å²) in [4.78, 5) is 9.09. The number of fused-ring (bicyclic) bond motifs is 1. The van der Waals surface area contributed by atoms with Crippen LogP contribution in [0.25, 0.3) is 16.9 Å². The highest BCUT2D eigenvalue weighted by atomic mass is 16.5. The average molecular weight is 361 g/mol. The Morgan fingerprint density at radius 3 is 2.56 bits per heavy atom. The van der Waals surface area contributed by atoms with Crippen LogP contribution in [0.15, 0.2) is 60.9 Å². The lowest BCUT2D eigenvalue weighted by Crippen LogP contribution is -1.99. The first-order valence-corrected chi connectivity index (χ1v) is 8.49. The summed E-state index contributed by atoms with van der Waals surface area (Å²) >= 11 is 0. The van der Waals surface area contributed by atoms with Crippen molar-refractivity contribution in [2.75, 3.05) is 14.2 Å². The van der Waals surface area contributed by atoms with Crippen LogP contribution < -0.4 is 14.2 Å². The van der Waals surface area contributed by atoms with Crippen LogP contribution in [0.3, 0.4) is 0 Å². The molecule has 4 rings (SSSR count). The molecule has 0 aliphatic rings.